The summed E-state index contributed by atoms with van der Waals surface area (Å²) in [5.74, 6) is -1.03. The van der Waals surface area contributed by atoms with E-state index < -0.39 is 11.9 Å². The monoisotopic (exact) mass is 322 g/mol. The van der Waals surface area contributed by atoms with Gasteiger partial charge < -0.3 is 4.74 Å². The van der Waals surface area contributed by atoms with E-state index >= 15 is 0 Å². The quantitative estimate of drug-likeness (QED) is 0.813. The third kappa shape index (κ3) is 3.20. The van der Waals surface area contributed by atoms with Crippen LogP contribution in [0, 0.1) is 0 Å². The first-order chi connectivity index (χ1) is 11.7. The fraction of sp³-hybridized carbons (Fsp3) is 0.211. The SMILES string of the molecule is CCOC(=O)C1=NN(c2ccccc2)C(=O)C[C@H]1c1ccccc1. The zero-order valence-electron chi connectivity index (χ0n) is 13.4. The molecule has 0 unspecified atom stereocenters. The van der Waals surface area contributed by atoms with Gasteiger partial charge in [0.15, 0.2) is 5.71 Å². The molecule has 5 heteroatoms. The summed E-state index contributed by atoms with van der Waals surface area (Å²) in [4.78, 5) is 24.9. The molecule has 2 aromatic carbocycles. The average molecular weight is 322 g/mol. The van der Waals surface area contributed by atoms with Gasteiger partial charge >= 0.3 is 5.97 Å². The molecule has 3 rings (SSSR count). The summed E-state index contributed by atoms with van der Waals surface area (Å²) in [6.07, 6.45) is 0.177. The predicted molar refractivity (Wildman–Crippen MR) is 91.8 cm³/mol. The maximum absolute atomic E-state index is 12.6. The van der Waals surface area contributed by atoms with Crippen LogP contribution in [-0.2, 0) is 14.3 Å². The van der Waals surface area contributed by atoms with Gasteiger partial charge in [0, 0.05) is 12.3 Å². The van der Waals surface area contributed by atoms with Gasteiger partial charge in [0.2, 0.25) is 5.91 Å². The molecule has 0 N–H and O–H groups in total. The molecule has 0 bridgehead atoms. The highest BCUT2D eigenvalue weighted by atomic mass is 16.5. The number of benzene rings is 2. The van der Waals surface area contributed by atoms with Gasteiger partial charge in [-0.15, -0.1) is 0 Å². The van der Waals surface area contributed by atoms with E-state index in [1.807, 2.05) is 48.5 Å². The molecule has 0 aliphatic carbocycles. The van der Waals surface area contributed by atoms with E-state index in [-0.39, 0.29) is 24.6 Å². The number of carbonyl (C=O) groups excluding carboxylic acids is 2. The number of carbonyl (C=O) groups is 2. The number of ether oxygens (including phenoxy) is 1. The highest BCUT2D eigenvalue weighted by Crippen LogP contribution is 2.30. The van der Waals surface area contributed by atoms with Crippen molar-refractivity contribution in [3.8, 4) is 0 Å². The second-order valence-electron chi connectivity index (χ2n) is 5.41. The van der Waals surface area contributed by atoms with Crippen LogP contribution in [0.5, 0.6) is 0 Å². The summed E-state index contributed by atoms with van der Waals surface area (Å²) in [7, 11) is 0. The van der Waals surface area contributed by atoms with Crippen molar-refractivity contribution in [1.29, 1.82) is 0 Å². The average Bonchev–Trinajstić information content (AvgIpc) is 2.63. The van der Waals surface area contributed by atoms with Gasteiger partial charge in [-0.05, 0) is 24.6 Å². The number of hydrazone groups is 1. The molecule has 1 amide bonds. The number of nitrogens with zero attached hydrogens (tertiary/aromatic N) is 2. The maximum Gasteiger partial charge on any atom is 0.355 e. The Morgan fingerprint density at radius 3 is 2.38 bits per heavy atom. The fourth-order valence-corrected chi connectivity index (χ4v) is 2.71. The van der Waals surface area contributed by atoms with E-state index in [0.717, 1.165) is 5.56 Å². The van der Waals surface area contributed by atoms with Crippen LogP contribution in [0.1, 0.15) is 24.8 Å². The fourth-order valence-electron chi connectivity index (χ4n) is 2.71. The molecule has 0 saturated heterocycles. The van der Waals surface area contributed by atoms with Crippen LogP contribution in [-0.4, -0.2) is 24.2 Å². The van der Waals surface area contributed by atoms with Crippen molar-refractivity contribution < 1.29 is 14.3 Å². The van der Waals surface area contributed by atoms with Crippen molar-refractivity contribution >= 4 is 23.3 Å². The highest BCUT2D eigenvalue weighted by molar-refractivity contribution is 6.40. The van der Waals surface area contributed by atoms with Crippen LogP contribution in [0.25, 0.3) is 0 Å². The van der Waals surface area contributed by atoms with Crippen molar-refractivity contribution in [2.45, 2.75) is 19.3 Å². The van der Waals surface area contributed by atoms with Crippen LogP contribution in [0.4, 0.5) is 5.69 Å². The van der Waals surface area contributed by atoms with Crippen molar-refractivity contribution in [3.05, 3.63) is 66.2 Å². The van der Waals surface area contributed by atoms with Gasteiger partial charge in [0.25, 0.3) is 0 Å². The Hall–Kier alpha value is -2.95. The molecule has 5 nitrogen and oxygen atoms in total. The lowest BCUT2D eigenvalue weighted by molar-refractivity contribution is -0.135. The topological polar surface area (TPSA) is 59.0 Å². The minimum atomic E-state index is -0.486. The first kappa shape index (κ1) is 15.9. The summed E-state index contributed by atoms with van der Waals surface area (Å²) >= 11 is 0. The number of amides is 1. The number of anilines is 1. The summed E-state index contributed by atoms with van der Waals surface area (Å²) in [5.41, 5.74) is 1.77. The summed E-state index contributed by atoms with van der Waals surface area (Å²) in [5, 5.41) is 5.62. The summed E-state index contributed by atoms with van der Waals surface area (Å²) < 4.78 is 5.14. The molecule has 2 aromatic rings. The Labute approximate surface area is 140 Å². The molecule has 1 heterocycles. The Kier molecular flexibility index (Phi) is 4.70. The van der Waals surface area contributed by atoms with Crippen LogP contribution in [0.2, 0.25) is 0 Å². The van der Waals surface area contributed by atoms with E-state index in [4.69, 9.17) is 4.74 Å². The zero-order valence-corrected chi connectivity index (χ0v) is 13.4. The van der Waals surface area contributed by atoms with Gasteiger partial charge in [-0.1, -0.05) is 48.5 Å². The van der Waals surface area contributed by atoms with E-state index in [1.54, 1.807) is 19.1 Å². The van der Waals surface area contributed by atoms with Gasteiger partial charge in [-0.2, -0.15) is 5.10 Å². The van der Waals surface area contributed by atoms with Crippen molar-refractivity contribution in [2.24, 2.45) is 5.10 Å². The van der Waals surface area contributed by atoms with Crippen molar-refractivity contribution in [3.63, 3.8) is 0 Å². The highest BCUT2D eigenvalue weighted by Gasteiger charge is 2.35. The van der Waals surface area contributed by atoms with Gasteiger partial charge in [0.05, 0.1) is 12.3 Å². The second-order valence-corrected chi connectivity index (χ2v) is 5.41. The number of rotatable bonds is 4. The van der Waals surface area contributed by atoms with E-state index in [0.29, 0.717) is 5.69 Å². The van der Waals surface area contributed by atoms with Crippen molar-refractivity contribution in [2.75, 3.05) is 11.6 Å². The third-order valence-electron chi connectivity index (χ3n) is 3.84. The lowest BCUT2D eigenvalue weighted by Crippen LogP contribution is -2.39. The van der Waals surface area contributed by atoms with Crippen molar-refractivity contribution in [1.82, 2.24) is 0 Å². The number of hydrogen-bond acceptors (Lipinski definition) is 4. The van der Waals surface area contributed by atoms with Crippen LogP contribution < -0.4 is 5.01 Å². The largest absolute Gasteiger partial charge is 0.461 e. The zero-order chi connectivity index (χ0) is 16.9. The number of hydrogen-bond donors (Lipinski definition) is 0. The van der Waals surface area contributed by atoms with Crippen LogP contribution in [0.3, 0.4) is 0 Å². The molecule has 0 spiro atoms. The predicted octanol–water partition coefficient (Wildman–Crippen LogP) is 3.13. The number of para-hydroxylation sites is 1. The van der Waals surface area contributed by atoms with E-state index in [1.165, 1.54) is 5.01 Å². The van der Waals surface area contributed by atoms with E-state index in [9.17, 15) is 9.59 Å². The summed E-state index contributed by atoms with van der Waals surface area (Å²) in [6.45, 7) is 2.01. The minimum absolute atomic E-state index is 0.150. The molecule has 1 aliphatic heterocycles. The molecular formula is C19H18N2O3. The molecule has 0 fully saturated rings. The minimum Gasteiger partial charge on any atom is -0.461 e. The van der Waals surface area contributed by atoms with Crippen LogP contribution >= 0.6 is 0 Å². The third-order valence-corrected chi connectivity index (χ3v) is 3.84. The Bertz CT molecular complexity index is 757. The number of esters is 1. The van der Waals surface area contributed by atoms with Crippen LogP contribution in [0.15, 0.2) is 65.8 Å². The Morgan fingerprint density at radius 2 is 1.75 bits per heavy atom. The normalized spacial score (nSPS) is 17.4. The standard InChI is InChI=1S/C19H18N2O3/c1-2-24-19(23)18-16(14-9-5-3-6-10-14)13-17(22)21(20-18)15-11-7-4-8-12-15/h3-12,16H,2,13H2,1H3/t16-/m0/s1. The smallest absolute Gasteiger partial charge is 0.355 e. The van der Waals surface area contributed by atoms with Gasteiger partial charge in [0.1, 0.15) is 0 Å². The first-order valence-electron chi connectivity index (χ1n) is 7.89. The lowest BCUT2D eigenvalue weighted by Gasteiger charge is -2.28. The maximum atomic E-state index is 12.6. The van der Waals surface area contributed by atoms with E-state index in [2.05, 4.69) is 5.10 Å². The molecular weight excluding hydrogens is 304 g/mol. The molecule has 24 heavy (non-hydrogen) atoms. The Morgan fingerprint density at radius 1 is 1.12 bits per heavy atom. The second kappa shape index (κ2) is 7.08. The molecule has 0 aromatic heterocycles. The molecule has 1 atom stereocenters. The molecule has 1 aliphatic rings. The lowest BCUT2D eigenvalue weighted by atomic mass is 9.89. The molecule has 0 saturated carbocycles. The Balaban J connectivity index is 2.03. The molecule has 0 radical (unpaired) electrons. The first-order valence-corrected chi connectivity index (χ1v) is 7.89. The van der Waals surface area contributed by atoms with Gasteiger partial charge in [-0.25, -0.2) is 9.80 Å². The van der Waals surface area contributed by atoms with Gasteiger partial charge in [-0.3, -0.25) is 4.79 Å². The molecule has 122 valence electrons. The summed E-state index contributed by atoms with van der Waals surface area (Å²) in [6, 6.07) is 18.5.